The van der Waals surface area contributed by atoms with Crippen LogP contribution in [0.2, 0.25) is 0 Å². The lowest BCUT2D eigenvalue weighted by Gasteiger charge is -2.32. The Hall–Kier alpha value is -1.84. The van der Waals surface area contributed by atoms with E-state index in [1.807, 2.05) is 24.3 Å². The molecule has 0 aliphatic carbocycles. The van der Waals surface area contributed by atoms with Crippen LogP contribution in [0, 0.1) is 5.92 Å². The van der Waals surface area contributed by atoms with E-state index in [1.165, 1.54) is 19.3 Å². The third-order valence-corrected chi connectivity index (χ3v) is 4.00. The predicted octanol–water partition coefficient (Wildman–Crippen LogP) is 2.55. The second kappa shape index (κ2) is 5.03. The molecule has 1 aromatic carbocycles. The van der Waals surface area contributed by atoms with Gasteiger partial charge in [0.25, 0.3) is 5.56 Å². The summed E-state index contributed by atoms with van der Waals surface area (Å²) in [4.78, 5) is 21.8. The standard InChI is InChI=1S/C15H19N3O/c1-2-11-6-5-9-18(10-11)15-16-13-8-4-3-7-12(13)14(19)17-15/h3-4,7-8,11H,2,5-6,9-10H2,1H3,(H,16,17,19). The average molecular weight is 257 g/mol. The molecule has 1 aliphatic rings. The van der Waals surface area contributed by atoms with Gasteiger partial charge in [0.2, 0.25) is 5.95 Å². The molecule has 0 bridgehead atoms. The van der Waals surface area contributed by atoms with Crippen LogP contribution in [0.4, 0.5) is 5.95 Å². The first-order chi connectivity index (χ1) is 9.28. The van der Waals surface area contributed by atoms with Crippen molar-refractivity contribution in [3.05, 3.63) is 34.6 Å². The molecule has 3 rings (SSSR count). The van der Waals surface area contributed by atoms with Gasteiger partial charge < -0.3 is 4.90 Å². The van der Waals surface area contributed by atoms with Gasteiger partial charge in [-0.2, -0.15) is 0 Å². The monoisotopic (exact) mass is 257 g/mol. The zero-order valence-corrected chi connectivity index (χ0v) is 11.2. The molecule has 100 valence electrons. The molecule has 1 fully saturated rings. The van der Waals surface area contributed by atoms with Crippen LogP contribution in [0.1, 0.15) is 26.2 Å². The van der Waals surface area contributed by atoms with Crippen molar-refractivity contribution in [1.29, 1.82) is 0 Å². The normalized spacial score (nSPS) is 19.8. The Bertz CT molecular complexity index is 635. The van der Waals surface area contributed by atoms with Crippen LogP contribution in [-0.4, -0.2) is 23.1 Å². The predicted molar refractivity (Wildman–Crippen MR) is 77.6 cm³/mol. The Balaban J connectivity index is 1.99. The zero-order valence-electron chi connectivity index (χ0n) is 11.2. The zero-order chi connectivity index (χ0) is 13.2. The van der Waals surface area contributed by atoms with Crippen molar-refractivity contribution in [2.45, 2.75) is 26.2 Å². The van der Waals surface area contributed by atoms with Gasteiger partial charge in [0, 0.05) is 13.1 Å². The maximum Gasteiger partial charge on any atom is 0.260 e. The van der Waals surface area contributed by atoms with Crippen molar-refractivity contribution in [2.75, 3.05) is 18.0 Å². The molecule has 1 unspecified atom stereocenters. The number of nitrogens with one attached hydrogen (secondary N) is 1. The van der Waals surface area contributed by atoms with Crippen LogP contribution in [-0.2, 0) is 0 Å². The molecule has 1 N–H and O–H groups in total. The summed E-state index contributed by atoms with van der Waals surface area (Å²) in [5, 5.41) is 0.662. The Morgan fingerprint density at radius 2 is 2.26 bits per heavy atom. The van der Waals surface area contributed by atoms with Crippen molar-refractivity contribution < 1.29 is 0 Å². The minimum atomic E-state index is -0.0424. The highest BCUT2D eigenvalue weighted by Gasteiger charge is 2.20. The maximum atomic E-state index is 12.1. The van der Waals surface area contributed by atoms with Gasteiger partial charge in [-0.15, -0.1) is 0 Å². The van der Waals surface area contributed by atoms with Crippen LogP contribution in [0.15, 0.2) is 29.1 Å². The molecule has 1 atom stereocenters. The minimum absolute atomic E-state index is 0.0424. The molecule has 0 amide bonds. The van der Waals surface area contributed by atoms with Gasteiger partial charge >= 0.3 is 0 Å². The number of H-pyrrole nitrogens is 1. The number of hydrogen-bond acceptors (Lipinski definition) is 3. The highest BCUT2D eigenvalue weighted by molar-refractivity contribution is 5.78. The molecule has 1 aliphatic heterocycles. The molecular weight excluding hydrogens is 238 g/mol. The van der Waals surface area contributed by atoms with Crippen molar-refractivity contribution >= 4 is 16.9 Å². The van der Waals surface area contributed by atoms with Gasteiger partial charge in [0.05, 0.1) is 10.9 Å². The van der Waals surface area contributed by atoms with E-state index < -0.39 is 0 Å². The average Bonchev–Trinajstić information content (AvgIpc) is 2.47. The van der Waals surface area contributed by atoms with E-state index >= 15 is 0 Å². The lowest BCUT2D eigenvalue weighted by atomic mass is 9.96. The third kappa shape index (κ3) is 2.35. The number of anilines is 1. The second-order valence-electron chi connectivity index (χ2n) is 5.27. The van der Waals surface area contributed by atoms with Crippen LogP contribution < -0.4 is 10.5 Å². The van der Waals surface area contributed by atoms with Gasteiger partial charge in [0.1, 0.15) is 0 Å². The second-order valence-corrected chi connectivity index (χ2v) is 5.27. The van der Waals surface area contributed by atoms with Gasteiger partial charge in [-0.1, -0.05) is 25.5 Å². The number of piperidine rings is 1. The molecule has 4 heteroatoms. The molecule has 19 heavy (non-hydrogen) atoms. The quantitative estimate of drug-likeness (QED) is 0.899. The summed E-state index contributed by atoms with van der Waals surface area (Å²) in [6.07, 6.45) is 3.65. The highest BCUT2D eigenvalue weighted by atomic mass is 16.1. The van der Waals surface area contributed by atoms with Gasteiger partial charge in [-0.25, -0.2) is 4.98 Å². The molecule has 1 aromatic heterocycles. The number of hydrogen-bond donors (Lipinski definition) is 1. The molecule has 0 spiro atoms. The fraction of sp³-hybridized carbons (Fsp3) is 0.467. The number of benzene rings is 1. The smallest absolute Gasteiger partial charge is 0.260 e. The van der Waals surface area contributed by atoms with E-state index in [1.54, 1.807) is 0 Å². The fourth-order valence-electron chi connectivity index (χ4n) is 2.81. The van der Waals surface area contributed by atoms with Gasteiger partial charge in [-0.05, 0) is 30.9 Å². The molecule has 2 heterocycles. The Morgan fingerprint density at radius 3 is 3.11 bits per heavy atom. The number of aromatic amines is 1. The van der Waals surface area contributed by atoms with Gasteiger partial charge in [-0.3, -0.25) is 9.78 Å². The molecular formula is C15H19N3O. The van der Waals surface area contributed by atoms with E-state index in [0.29, 0.717) is 11.3 Å². The molecule has 1 saturated heterocycles. The largest absolute Gasteiger partial charge is 0.342 e. The number of aromatic nitrogens is 2. The third-order valence-electron chi connectivity index (χ3n) is 4.00. The minimum Gasteiger partial charge on any atom is -0.342 e. The lowest BCUT2D eigenvalue weighted by molar-refractivity contribution is 0.401. The summed E-state index contributed by atoms with van der Waals surface area (Å²) in [6, 6.07) is 7.50. The topological polar surface area (TPSA) is 49.0 Å². The van der Waals surface area contributed by atoms with Crippen molar-refractivity contribution in [3.8, 4) is 0 Å². The van der Waals surface area contributed by atoms with Crippen molar-refractivity contribution in [3.63, 3.8) is 0 Å². The Kier molecular flexibility index (Phi) is 3.23. The van der Waals surface area contributed by atoms with Crippen LogP contribution in [0.3, 0.4) is 0 Å². The van der Waals surface area contributed by atoms with E-state index in [4.69, 9.17) is 0 Å². The van der Waals surface area contributed by atoms with Crippen molar-refractivity contribution in [1.82, 2.24) is 9.97 Å². The summed E-state index contributed by atoms with van der Waals surface area (Å²) in [5.74, 6) is 1.44. The van der Waals surface area contributed by atoms with Crippen LogP contribution in [0.25, 0.3) is 10.9 Å². The first kappa shape index (κ1) is 12.2. The lowest BCUT2D eigenvalue weighted by Crippen LogP contribution is -2.37. The number of nitrogens with zero attached hydrogens (tertiary/aromatic N) is 2. The molecule has 2 aromatic rings. The number of para-hydroxylation sites is 1. The maximum absolute atomic E-state index is 12.1. The summed E-state index contributed by atoms with van der Waals surface area (Å²) in [6.45, 7) is 4.21. The summed E-state index contributed by atoms with van der Waals surface area (Å²) < 4.78 is 0. The van der Waals surface area contributed by atoms with Crippen LogP contribution >= 0.6 is 0 Å². The van der Waals surface area contributed by atoms with E-state index in [2.05, 4.69) is 21.8 Å². The van der Waals surface area contributed by atoms with Gasteiger partial charge in [0.15, 0.2) is 0 Å². The first-order valence-electron chi connectivity index (χ1n) is 7.02. The Labute approximate surface area is 112 Å². The number of rotatable bonds is 2. The van der Waals surface area contributed by atoms with E-state index in [9.17, 15) is 4.79 Å². The van der Waals surface area contributed by atoms with E-state index in [0.717, 1.165) is 24.6 Å². The summed E-state index contributed by atoms with van der Waals surface area (Å²) >= 11 is 0. The highest BCUT2D eigenvalue weighted by Crippen LogP contribution is 2.22. The summed E-state index contributed by atoms with van der Waals surface area (Å²) in [5.41, 5.74) is 0.735. The first-order valence-corrected chi connectivity index (χ1v) is 7.02. The van der Waals surface area contributed by atoms with Crippen LogP contribution in [0.5, 0.6) is 0 Å². The summed E-state index contributed by atoms with van der Waals surface area (Å²) in [7, 11) is 0. The SMILES string of the molecule is CCC1CCCN(c2nc3ccccc3c(=O)[nH]2)C1. The number of fused-ring (bicyclic) bond motifs is 1. The van der Waals surface area contributed by atoms with Crippen molar-refractivity contribution in [2.24, 2.45) is 5.92 Å². The molecule has 4 nitrogen and oxygen atoms in total. The fourth-order valence-corrected chi connectivity index (χ4v) is 2.81. The molecule has 0 saturated carbocycles. The van der Waals surface area contributed by atoms with E-state index in [-0.39, 0.29) is 5.56 Å². The molecule has 0 radical (unpaired) electrons. The Morgan fingerprint density at radius 1 is 1.42 bits per heavy atom.